The van der Waals surface area contributed by atoms with Gasteiger partial charge in [-0.15, -0.1) is 6.58 Å². The minimum atomic E-state index is -1.17. The number of phenols is 1. The van der Waals surface area contributed by atoms with Gasteiger partial charge in [0.25, 0.3) is 0 Å². The second-order valence-electron chi connectivity index (χ2n) is 8.87. The van der Waals surface area contributed by atoms with Crippen molar-refractivity contribution in [1.29, 1.82) is 0 Å². The van der Waals surface area contributed by atoms with Gasteiger partial charge in [0.2, 0.25) is 0 Å². The van der Waals surface area contributed by atoms with Crippen LogP contribution in [0.15, 0.2) is 59.4 Å². The average Bonchev–Trinajstić information content (AvgIpc) is 2.94. The van der Waals surface area contributed by atoms with E-state index in [1.807, 2.05) is 6.92 Å². The number of nitrogens with one attached hydrogen (secondary N) is 3. The number of rotatable bonds is 14. The number of hydrogen-bond donors (Lipinski definition) is 5. The van der Waals surface area contributed by atoms with Crippen molar-refractivity contribution in [3.63, 3.8) is 0 Å². The summed E-state index contributed by atoms with van der Waals surface area (Å²) in [7, 11) is 1.27. The van der Waals surface area contributed by atoms with Crippen LogP contribution in [-0.2, 0) is 16.0 Å². The highest BCUT2D eigenvalue weighted by Gasteiger charge is 2.32. The molecular weight excluding hydrogens is 532 g/mol. The fourth-order valence-electron chi connectivity index (χ4n) is 4.16. The summed E-state index contributed by atoms with van der Waals surface area (Å²) in [6.45, 7) is 9.49. The number of methoxy groups -OCH3 is 1. The Balaban J connectivity index is 1.71. The van der Waals surface area contributed by atoms with Crippen molar-refractivity contribution in [2.24, 2.45) is 5.10 Å². The molecule has 0 saturated carbocycles. The van der Waals surface area contributed by atoms with Crippen molar-refractivity contribution < 1.29 is 38.7 Å². The second-order valence-corrected chi connectivity index (χ2v) is 8.87. The molecule has 2 amide bonds. The Kier molecular flexibility index (Phi) is 11.0. The van der Waals surface area contributed by atoms with E-state index in [0.29, 0.717) is 59.3 Å². The van der Waals surface area contributed by atoms with E-state index in [1.165, 1.54) is 13.3 Å². The zero-order valence-corrected chi connectivity index (χ0v) is 23.5. The van der Waals surface area contributed by atoms with Crippen LogP contribution in [0.3, 0.4) is 0 Å². The molecule has 2 atom stereocenters. The van der Waals surface area contributed by atoms with Gasteiger partial charge >= 0.3 is 12.0 Å². The zero-order chi connectivity index (χ0) is 29.9. The monoisotopic (exact) mass is 568 g/mol. The van der Waals surface area contributed by atoms with Gasteiger partial charge in [-0.25, -0.2) is 9.59 Å². The number of benzene rings is 2. The molecule has 12 heteroatoms. The first-order chi connectivity index (χ1) is 19.7. The first-order valence-corrected chi connectivity index (χ1v) is 13.0. The van der Waals surface area contributed by atoms with Crippen molar-refractivity contribution in [1.82, 2.24) is 16.1 Å². The zero-order valence-electron chi connectivity index (χ0n) is 23.5. The van der Waals surface area contributed by atoms with Crippen LogP contribution in [0.4, 0.5) is 4.79 Å². The SMILES string of the molecule is C=CCc1cc(/C=N\N[C@@H](O)COc2ccc([C@@H]3NC(=O)NC(C)=C3C(=O)OC)cc2OCC)cc(OCC)c1O. The van der Waals surface area contributed by atoms with Crippen molar-refractivity contribution in [2.45, 2.75) is 39.5 Å². The van der Waals surface area contributed by atoms with Crippen LogP contribution in [0.1, 0.15) is 43.5 Å². The van der Waals surface area contributed by atoms with Crippen LogP contribution < -0.4 is 30.3 Å². The number of aromatic hydroxyl groups is 1. The van der Waals surface area contributed by atoms with Crippen molar-refractivity contribution in [3.8, 4) is 23.0 Å². The summed E-state index contributed by atoms with van der Waals surface area (Å²) in [5.41, 5.74) is 5.11. The highest BCUT2D eigenvalue weighted by atomic mass is 16.5. The lowest BCUT2D eigenvalue weighted by molar-refractivity contribution is -0.136. The number of allylic oxidation sites excluding steroid dienone is 2. The molecule has 0 spiro atoms. The fraction of sp³-hybridized carbons (Fsp3) is 0.345. The molecule has 220 valence electrons. The van der Waals surface area contributed by atoms with Gasteiger partial charge in [0.1, 0.15) is 6.61 Å². The molecule has 3 rings (SSSR count). The summed E-state index contributed by atoms with van der Waals surface area (Å²) >= 11 is 0. The Morgan fingerprint density at radius 1 is 1.15 bits per heavy atom. The number of aliphatic hydroxyl groups is 1. The third-order valence-corrected chi connectivity index (χ3v) is 5.95. The van der Waals surface area contributed by atoms with Crippen molar-refractivity contribution in [3.05, 3.63) is 70.9 Å². The van der Waals surface area contributed by atoms with Gasteiger partial charge in [0.15, 0.2) is 29.2 Å². The number of urea groups is 1. The predicted octanol–water partition coefficient (Wildman–Crippen LogP) is 3.04. The molecule has 41 heavy (non-hydrogen) atoms. The number of ether oxygens (including phenoxy) is 4. The predicted molar refractivity (Wildman–Crippen MR) is 152 cm³/mol. The standard InChI is InChI=1S/C29H36N4O8/c1-6-9-20-12-18(13-23(27(20)35)40-8-3)15-30-33-24(34)16-41-21-11-10-19(14-22(21)39-7-2)26-25(28(36)38-5)17(4)31-29(37)32-26/h6,10-15,24,26,33-35H,1,7-9,16H2,2-5H3,(H2,31,32,37)/b30-15-/t24-,26-/m0/s1. The summed E-state index contributed by atoms with van der Waals surface area (Å²) in [6, 6.07) is 7.14. The van der Waals surface area contributed by atoms with Gasteiger partial charge in [-0.05, 0) is 62.6 Å². The lowest BCUT2D eigenvalue weighted by Gasteiger charge is -2.28. The van der Waals surface area contributed by atoms with Crippen LogP contribution in [0, 0.1) is 0 Å². The molecule has 1 aliphatic rings. The van der Waals surface area contributed by atoms with E-state index in [-0.39, 0.29) is 17.9 Å². The van der Waals surface area contributed by atoms with Gasteiger partial charge < -0.3 is 39.8 Å². The number of esters is 1. The van der Waals surface area contributed by atoms with Crippen LogP contribution in [0.2, 0.25) is 0 Å². The van der Waals surface area contributed by atoms with E-state index in [4.69, 9.17) is 18.9 Å². The minimum Gasteiger partial charge on any atom is -0.504 e. The van der Waals surface area contributed by atoms with Gasteiger partial charge in [-0.2, -0.15) is 5.10 Å². The summed E-state index contributed by atoms with van der Waals surface area (Å²) in [5.74, 6) is 0.508. The van der Waals surface area contributed by atoms with Gasteiger partial charge in [-0.3, -0.25) is 5.43 Å². The summed E-state index contributed by atoms with van der Waals surface area (Å²) < 4.78 is 21.9. The molecule has 0 bridgehead atoms. The van der Waals surface area contributed by atoms with Crippen LogP contribution in [0.5, 0.6) is 23.0 Å². The van der Waals surface area contributed by atoms with E-state index in [1.54, 1.807) is 50.3 Å². The maximum Gasteiger partial charge on any atom is 0.337 e. The summed E-state index contributed by atoms with van der Waals surface area (Å²) in [6.07, 6.45) is 2.44. The van der Waals surface area contributed by atoms with E-state index < -0.39 is 24.3 Å². The maximum absolute atomic E-state index is 12.4. The second kappa shape index (κ2) is 14.6. The van der Waals surface area contributed by atoms with Crippen molar-refractivity contribution >= 4 is 18.2 Å². The molecule has 1 heterocycles. The smallest absolute Gasteiger partial charge is 0.337 e. The Hall–Kier alpha value is -4.71. The molecule has 12 nitrogen and oxygen atoms in total. The molecule has 0 saturated heterocycles. The van der Waals surface area contributed by atoms with Crippen LogP contribution in [-0.4, -0.2) is 61.6 Å². The van der Waals surface area contributed by atoms with Crippen LogP contribution >= 0.6 is 0 Å². The highest BCUT2D eigenvalue weighted by molar-refractivity contribution is 5.95. The largest absolute Gasteiger partial charge is 0.504 e. The number of hydrogen-bond acceptors (Lipinski definition) is 10. The molecular formula is C29H36N4O8. The van der Waals surface area contributed by atoms with Gasteiger partial charge in [0, 0.05) is 11.3 Å². The van der Waals surface area contributed by atoms with E-state index in [0.717, 1.165) is 0 Å². The maximum atomic E-state index is 12.4. The molecule has 0 fully saturated rings. The van der Waals surface area contributed by atoms with E-state index >= 15 is 0 Å². The lowest BCUT2D eigenvalue weighted by atomic mass is 9.95. The number of nitrogens with zero attached hydrogens (tertiary/aromatic N) is 1. The highest BCUT2D eigenvalue weighted by Crippen LogP contribution is 2.35. The number of phenolic OH excluding ortho intramolecular Hbond substituents is 1. The normalized spacial score (nSPS) is 15.5. The van der Waals surface area contributed by atoms with Crippen molar-refractivity contribution in [2.75, 3.05) is 26.9 Å². The molecule has 2 aromatic carbocycles. The molecule has 0 radical (unpaired) electrons. The molecule has 0 unspecified atom stereocenters. The third-order valence-electron chi connectivity index (χ3n) is 5.95. The average molecular weight is 569 g/mol. The number of hydrazone groups is 1. The number of carbonyl (C=O) groups is 2. The van der Waals surface area contributed by atoms with Gasteiger partial charge in [0.05, 0.1) is 38.2 Å². The quantitative estimate of drug-likeness (QED) is 0.0759. The molecule has 2 aromatic rings. The van der Waals surface area contributed by atoms with Crippen LogP contribution in [0.25, 0.3) is 0 Å². The molecule has 0 aliphatic carbocycles. The first kappa shape index (κ1) is 30.8. The Bertz CT molecular complexity index is 1320. The topological polar surface area (TPSA) is 160 Å². The van der Waals surface area contributed by atoms with Gasteiger partial charge in [-0.1, -0.05) is 12.1 Å². The Morgan fingerprint density at radius 3 is 2.56 bits per heavy atom. The van der Waals surface area contributed by atoms with E-state index in [2.05, 4.69) is 27.7 Å². The lowest BCUT2D eigenvalue weighted by Crippen LogP contribution is -2.45. The third kappa shape index (κ3) is 7.92. The number of aliphatic hydroxyl groups excluding tert-OH is 1. The number of carbonyl (C=O) groups excluding carboxylic acids is 2. The summed E-state index contributed by atoms with van der Waals surface area (Å²) in [4.78, 5) is 24.5. The molecule has 5 N–H and O–H groups in total. The first-order valence-electron chi connectivity index (χ1n) is 13.0. The minimum absolute atomic E-state index is 0.0524. The fourth-order valence-corrected chi connectivity index (χ4v) is 4.16. The Morgan fingerprint density at radius 2 is 1.88 bits per heavy atom. The summed E-state index contributed by atoms with van der Waals surface area (Å²) in [5, 5.41) is 30.1. The molecule has 1 aliphatic heterocycles. The van der Waals surface area contributed by atoms with E-state index in [9.17, 15) is 19.8 Å². The Labute approximate surface area is 238 Å². The number of amides is 2. The molecule has 0 aromatic heterocycles.